The van der Waals surface area contributed by atoms with Crippen molar-refractivity contribution in [2.45, 2.75) is 23.8 Å². The molecule has 0 N–H and O–H groups in total. The molecule has 1 heterocycles. The second kappa shape index (κ2) is 2.02. The zero-order valence-corrected chi connectivity index (χ0v) is 6.93. The van der Waals surface area contributed by atoms with Gasteiger partial charge in [0.25, 0.3) is 0 Å². The lowest BCUT2D eigenvalue weighted by molar-refractivity contribution is 0.0166. The maximum Gasteiger partial charge on any atom is 0.154 e. The number of nitrogens with zero attached hydrogens (tertiary/aromatic N) is 1. The molecule has 1 saturated carbocycles. The van der Waals surface area contributed by atoms with Gasteiger partial charge in [0.05, 0.1) is 22.4 Å². The van der Waals surface area contributed by atoms with Crippen LogP contribution in [0, 0.1) is 5.92 Å². The van der Waals surface area contributed by atoms with Gasteiger partial charge in [-0.25, -0.2) is 0 Å². The molecule has 4 atom stereocenters. The van der Waals surface area contributed by atoms with E-state index in [1.165, 1.54) is 0 Å². The predicted octanol–water partition coefficient (Wildman–Crippen LogP) is 1.61. The third kappa shape index (κ3) is 0.638. The summed E-state index contributed by atoms with van der Waals surface area (Å²) >= 11 is 11.7. The third-order valence-corrected chi connectivity index (χ3v) is 3.31. The minimum Gasteiger partial charge on any atom is -0.390 e. The molecule has 1 fully saturated rings. The van der Waals surface area contributed by atoms with Crippen molar-refractivity contribution < 1.29 is 4.84 Å². The Morgan fingerprint density at radius 2 is 2.10 bits per heavy atom. The van der Waals surface area contributed by atoms with Crippen molar-refractivity contribution in [3.05, 3.63) is 0 Å². The Bertz CT molecular complexity index is 194. The molecule has 0 radical (unpaired) electrons. The fourth-order valence-electron chi connectivity index (χ4n) is 1.41. The first kappa shape index (κ1) is 6.74. The second-order valence-corrected chi connectivity index (χ2v) is 3.73. The number of fused-ring (bicyclic) bond motifs is 1. The normalized spacial score (nSPS) is 50.9. The van der Waals surface area contributed by atoms with Crippen molar-refractivity contribution in [2.24, 2.45) is 11.1 Å². The van der Waals surface area contributed by atoms with E-state index >= 15 is 0 Å². The zero-order chi connectivity index (χ0) is 7.30. The molecule has 0 saturated heterocycles. The van der Waals surface area contributed by atoms with E-state index in [0.29, 0.717) is 0 Å². The molecular weight excluding hydrogens is 173 g/mol. The maximum absolute atomic E-state index is 5.90. The third-order valence-electron chi connectivity index (χ3n) is 2.12. The molecule has 10 heavy (non-hydrogen) atoms. The zero-order valence-electron chi connectivity index (χ0n) is 5.42. The highest BCUT2D eigenvalue weighted by Crippen LogP contribution is 2.43. The van der Waals surface area contributed by atoms with Gasteiger partial charge in [-0.2, -0.15) is 0 Å². The molecule has 1 aliphatic heterocycles. The lowest BCUT2D eigenvalue weighted by atomic mass is 9.78. The number of oxime groups is 1. The topological polar surface area (TPSA) is 21.6 Å². The molecule has 0 aromatic carbocycles. The Labute approximate surface area is 69.1 Å². The smallest absolute Gasteiger partial charge is 0.154 e. The van der Waals surface area contributed by atoms with Gasteiger partial charge in [0.15, 0.2) is 6.10 Å². The van der Waals surface area contributed by atoms with E-state index in [-0.39, 0.29) is 22.8 Å². The molecule has 2 rings (SSSR count). The summed E-state index contributed by atoms with van der Waals surface area (Å²) < 4.78 is 0. The molecular formula is C6H7Cl2NO. The predicted molar refractivity (Wildman–Crippen MR) is 40.8 cm³/mol. The number of hydrogen-bond donors (Lipinski definition) is 0. The lowest BCUT2D eigenvalue weighted by Crippen LogP contribution is -2.54. The summed E-state index contributed by atoms with van der Waals surface area (Å²) in [7, 11) is 0. The standard InChI is InChI=1S/C6H7Cl2NO/c1-2-3-4(7)5(8)6(3)10-9-2/h3-6H,1H3/t3?,4-,5-,6?/m0/s1. The van der Waals surface area contributed by atoms with Gasteiger partial charge in [0.2, 0.25) is 0 Å². The Balaban J connectivity index is 2.16. The Morgan fingerprint density at radius 3 is 2.70 bits per heavy atom. The highest BCUT2D eigenvalue weighted by atomic mass is 35.5. The van der Waals surface area contributed by atoms with E-state index in [0.717, 1.165) is 5.71 Å². The van der Waals surface area contributed by atoms with Crippen LogP contribution in [0.3, 0.4) is 0 Å². The van der Waals surface area contributed by atoms with Gasteiger partial charge < -0.3 is 4.84 Å². The summed E-state index contributed by atoms with van der Waals surface area (Å²) in [5.41, 5.74) is 0.974. The molecule has 2 unspecified atom stereocenters. The molecule has 0 spiro atoms. The molecule has 2 aliphatic rings. The summed E-state index contributed by atoms with van der Waals surface area (Å²) in [6.45, 7) is 1.92. The summed E-state index contributed by atoms with van der Waals surface area (Å²) in [6.07, 6.45) is 0.0455. The Kier molecular flexibility index (Phi) is 1.36. The molecule has 4 heteroatoms. The van der Waals surface area contributed by atoms with Crippen LogP contribution in [0.5, 0.6) is 0 Å². The number of hydrogen-bond acceptors (Lipinski definition) is 2. The van der Waals surface area contributed by atoms with E-state index < -0.39 is 0 Å². The Morgan fingerprint density at radius 1 is 1.40 bits per heavy atom. The molecule has 2 nitrogen and oxygen atoms in total. The SMILES string of the molecule is CC1=NOC2C1[C@H](Cl)[C@@H]2Cl. The van der Waals surface area contributed by atoms with Crippen molar-refractivity contribution in [2.75, 3.05) is 0 Å². The first-order chi connectivity index (χ1) is 4.72. The fraction of sp³-hybridized carbons (Fsp3) is 0.833. The van der Waals surface area contributed by atoms with E-state index in [4.69, 9.17) is 28.0 Å². The van der Waals surface area contributed by atoms with Gasteiger partial charge in [0.1, 0.15) is 0 Å². The van der Waals surface area contributed by atoms with Crippen LogP contribution >= 0.6 is 23.2 Å². The number of rotatable bonds is 0. The summed E-state index contributed by atoms with van der Waals surface area (Å²) in [5, 5.41) is 3.76. The fourth-order valence-corrected chi connectivity index (χ4v) is 2.24. The van der Waals surface area contributed by atoms with Gasteiger partial charge in [0, 0.05) is 0 Å². The van der Waals surface area contributed by atoms with E-state index in [9.17, 15) is 0 Å². The minimum absolute atomic E-state index is 0.0120. The van der Waals surface area contributed by atoms with Crippen LogP contribution in [0.4, 0.5) is 0 Å². The summed E-state index contributed by atoms with van der Waals surface area (Å²) in [6, 6.07) is 0. The van der Waals surface area contributed by atoms with E-state index in [1.54, 1.807) is 0 Å². The van der Waals surface area contributed by atoms with Crippen molar-refractivity contribution in [3.8, 4) is 0 Å². The molecule has 0 bridgehead atoms. The highest BCUT2D eigenvalue weighted by Gasteiger charge is 2.55. The summed E-state index contributed by atoms with van der Waals surface area (Å²) in [5.74, 6) is 0.268. The van der Waals surface area contributed by atoms with Crippen molar-refractivity contribution in [1.29, 1.82) is 0 Å². The second-order valence-electron chi connectivity index (χ2n) is 2.72. The largest absolute Gasteiger partial charge is 0.390 e. The van der Waals surface area contributed by atoms with Crippen LogP contribution in [0.15, 0.2) is 5.16 Å². The lowest BCUT2D eigenvalue weighted by Gasteiger charge is -2.38. The minimum atomic E-state index is -0.0622. The van der Waals surface area contributed by atoms with Crippen LogP contribution in [0.25, 0.3) is 0 Å². The first-order valence-electron chi connectivity index (χ1n) is 3.20. The molecule has 0 aromatic heterocycles. The van der Waals surface area contributed by atoms with Crippen LogP contribution in [-0.2, 0) is 4.84 Å². The maximum atomic E-state index is 5.90. The molecule has 0 aromatic rings. The van der Waals surface area contributed by atoms with Crippen LogP contribution < -0.4 is 0 Å². The van der Waals surface area contributed by atoms with E-state index in [1.807, 2.05) is 6.92 Å². The van der Waals surface area contributed by atoms with Crippen LogP contribution in [0.1, 0.15) is 6.92 Å². The Hall–Kier alpha value is 0.0500. The molecule has 1 aliphatic carbocycles. The van der Waals surface area contributed by atoms with Gasteiger partial charge in [-0.15, -0.1) is 23.2 Å². The monoisotopic (exact) mass is 179 g/mol. The highest BCUT2D eigenvalue weighted by molar-refractivity contribution is 6.33. The van der Waals surface area contributed by atoms with Gasteiger partial charge in [-0.1, -0.05) is 5.16 Å². The average Bonchev–Trinajstić information content (AvgIpc) is 2.27. The first-order valence-corrected chi connectivity index (χ1v) is 4.07. The van der Waals surface area contributed by atoms with Gasteiger partial charge >= 0.3 is 0 Å². The summed E-state index contributed by atoms with van der Waals surface area (Å²) in [4.78, 5) is 5.02. The number of halogens is 2. The van der Waals surface area contributed by atoms with Gasteiger partial charge in [-0.3, -0.25) is 0 Å². The van der Waals surface area contributed by atoms with Crippen molar-refractivity contribution >= 4 is 28.9 Å². The molecule has 0 amide bonds. The van der Waals surface area contributed by atoms with E-state index in [2.05, 4.69) is 5.16 Å². The van der Waals surface area contributed by atoms with Crippen molar-refractivity contribution in [1.82, 2.24) is 0 Å². The van der Waals surface area contributed by atoms with Crippen molar-refractivity contribution in [3.63, 3.8) is 0 Å². The quantitative estimate of drug-likeness (QED) is 0.519. The van der Waals surface area contributed by atoms with Crippen LogP contribution in [0.2, 0.25) is 0 Å². The average molecular weight is 180 g/mol. The number of alkyl halides is 2. The van der Waals surface area contributed by atoms with Crippen LogP contribution in [-0.4, -0.2) is 22.6 Å². The van der Waals surface area contributed by atoms with Gasteiger partial charge in [-0.05, 0) is 6.92 Å². The molecule has 56 valence electrons.